The zero-order chi connectivity index (χ0) is 13.0. The molecule has 5 nitrogen and oxygen atoms in total. The van der Waals surface area contributed by atoms with Crippen LogP contribution in [-0.2, 0) is 13.0 Å². The molecule has 0 aliphatic carbocycles. The van der Waals surface area contributed by atoms with Crippen molar-refractivity contribution < 1.29 is 4.74 Å². The number of aromatic nitrogens is 2. The zero-order valence-electron chi connectivity index (χ0n) is 10.1. The Morgan fingerprint density at radius 2 is 2.17 bits per heavy atom. The minimum atomic E-state index is -0.185. The summed E-state index contributed by atoms with van der Waals surface area (Å²) in [6.45, 7) is 0.253. The Balaban J connectivity index is 2.33. The number of rotatable bonds is 4. The van der Waals surface area contributed by atoms with Gasteiger partial charge in [0.25, 0.3) is 5.56 Å². The van der Waals surface area contributed by atoms with E-state index in [1.807, 2.05) is 24.3 Å². The van der Waals surface area contributed by atoms with Gasteiger partial charge in [-0.25, -0.2) is 4.98 Å². The molecule has 2 rings (SSSR count). The predicted molar refractivity (Wildman–Crippen MR) is 68.5 cm³/mol. The molecule has 0 fully saturated rings. The molecule has 0 atom stereocenters. The lowest BCUT2D eigenvalue weighted by Crippen LogP contribution is -2.15. The second-order valence-corrected chi connectivity index (χ2v) is 3.88. The van der Waals surface area contributed by atoms with E-state index in [0.29, 0.717) is 17.9 Å². The number of methoxy groups -OCH3 is 1. The van der Waals surface area contributed by atoms with Gasteiger partial charge in [-0.1, -0.05) is 18.2 Å². The van der Waals surface area contributed by atoms with Gasteiger partial charge in [0, 0.05) is 24.6 Å². The first-order valence-corrected chi connectivity index (χ1v) is 5.64. The van der Waals surface area contributed by atoms with E-state index in [0.717, 1.165) is 11.3 Å². The summed E-state index contributed by atoms with van der Waals surface area (Å²) in [5.41, 5.74) is 6.87. The first-order valence-electron chi connectivity index (χ1n) is 5.64. The van der Waals surface area contributed by atoms with E-state index < -0.39 is 0 Å². The molecular weight excluding hydrogens is 230 g/mol. The van der Waals surface area contributed by atoms with Crippen LogP contribution in [0.25, 0.3) is 0 Å². The maximum absolute atomic E-state index is 11.4. The molecule has 0 spiro atoms. The molecule has 0 saturated carbocycles. The van der Waals surface area contributed by atoms with Crippen molar-refractivity contribution in [1.82, 2.24) is 9.97 Å². The van der Waals surface area contributed by atoms with Crippen molar-refractivity contribution in [2.24, 2.45) is 5.73 Å². The van der Waals surface area contributed by atoms with Crippen LogP contribution in [0.5, 0.6) is 5.75 Å². The molecule has 1 aromatic carbocycles. The molecule has 2 aromatic rings. The Hall–Kier alpha value is -2.14. The van der Waals surface area contributed by atoms with Crippen molar-refractivity contribution in [3.63, 3.8) is 0 Å². The summed E-state index contributed by atoms with van der Waals surface area (Å²) in [7, 11) is 1.62. The third-order valence-corrected chi connectivity index (χ3v) is 2.60. The number of nitrogens with one attached hydrogen (secondary N) is 1. The smallest absolute Gasteiger partial charge is 0.251 e. The van der Waals surface area contributed by atoms with Gasteiger partial charge in [0.05, 0.1) is 12.8 Å². The summed E-state index contributed by atoms with van der Waals surface area (Å²) >= 11 is 0. The number of aromatic amines is 1. The van der Waals surface area contributed by atoms with Crippen LogP contribution >= 0.6 is 0 Å². The molecule has 0 saturated heterocycles. The van der Waals surface area contributed by atoms with Gasteiger partial charge in [-0.05, 0) is 6.07 Å². The lowest BCUT2D eigenvalue weighted by Gasteiger charge is -2.08. The predicted octanol–water partition coefficient (Wildman–Crippen LogP) is 0.828. The van der Waals surface area contributed by atoms with E-state index in [1.165, 1.54) is 6.07 Å². The fraction of sp³-hybridized carbons (Fsp3) is 0.231. The Morgan fingerprint density at radius 1 is 1.39 bits per heavy atom. The van der Waals surface area contributed by atoms with Crippen LogP contribution in [0.2, 0.25) is 0 Å². The maximum atomic E-state index is 11.4. The third kappa shape index (κ3) is 2.75. The molecule has 0 unspecified atom stereocenters. The molecule has 5 heteroatoms. The summed E-state index contributed by atoms with van der Waals surface area (Å²) in [6, 6.07) is 9.04. The van der Waals surface area contributed by atoms with Crippen LogP contribution in [0, 0.1) is 0 Å². The topological polar surface area (TPSA) is 81.0 Å². The average molecular weight is 245 g/mol. The summed E-state index contributed by atoms with van der Waals surface area (Å²) in [6.07, 6.45) is 0.507. The molecule has 0 amide bonds. The molecule has 3 N–H and O–H groups in total. The van der Waals surface area contributed by atoms with E-state index >= 15 is 0 Å². The molecular formula is C13H15N3O2. The van der Waals surface area contributed by atoms with Crippen molar-refractivity contribution in [3.05, 3.63) is 57.8 Å². The Morgan fingerprint density at radius 3 is 2.89 bits per heavy atom. The van der Waals surface area contributed by atoms with Crippen LogP contribution in [0.3, 0.4) is 0 Å². The van der Waals surface area contributed by atoms with Crippen LogP contribution in [0.1, 0.15) is 17.1 Å². The van der Waals surface area contributed by atoms with E-state index in [4.69, 9.17) is 10.5 Å². The zero-order valence-corrected chi connectivity index (χ0v) is 10.1. The normalized spacial score (nSPS) is 10.3. The summed E-state index contributed by atoms with van der Waals surface area (Å²) in [5.74, 6) is 1.37. The Kier molecular flexibility index (Phi) is 3.74. The number of H-pyrrole nitrogens is 1. The monoisotopic (exact) mass is 245 g/mol. The minimum absolute atomic E-state index is 0.185. The van der Waals surface area contributed by atoms with Gasteiger partial charge in [-0.2, -0.15) is 0 Å². The summed E-state index contributed by atoms with van der Waals surface area (Å²) in [4.78, 5) is 18.4. The molecule has 0 aliphatic heterocycles. The van der Waals surface area contributed by atoms with E-state index in [-0.39, 0.29) is 12.1 Å². The van der Waals surface area contributed by atoms with Gasteiger partial charge < -0.3 is 15.5 Å². The van der Waals surface area contributed by atoms with Crippen LogP contribution in [0.15, 0.2) is 35.1 Å². The highest BCUT2D eigenvalue weighted by molar-refractivity contribution is 5.35. The fourth-order valence-corrected chi connectivity index (χ4v) is 1.78. The van der Waals surface area contributed by atoms with Gasteiger partial charge in [0.15, 0.2) is 0 Å². The SMILES string of the molecule is COc1ccccc1Cc1nc(CN)cc(=O)[nH]1. The van der Waals surface area contributed by atoms with E-state index in [9.17, 15) is 4.79 Å². The van der Waals surface area contributed by atoms with Crippen molar-refractivity contribution in [2.45, 2.75) is 13.0 Å². The highest BCUT2D eigenvalue weighted by atomic mass is 16.5. The first-order chi connectivity index (χ1) is 8.72. The fourth-order valence-electron chi connectivity index (χ4n) is 1.78. The standard InChI is InChI=1S/C13H15N3O2/c1-18-11-5-3-2-4-9(11)6-12-15-10(8-14)7-13(17)16-12/h2-5,7H,6,8,14H2,1H3,(H,15,16,17). The molecule has 94 valence electrons. The lowest BCUT2D eigenvalue weighted by atomic mass is 10.1. The maximum Gasteiger partial charge on any atom is 0.251 e. The highest BCUT2D eigenvalue weighted by Crippen LogP contribution is 2.19. The Labute approximate surface area is 105 Å². The van der Waals surface area contributed by atoms with E-state index in [1.54, 1.807) is 7.11 Å². The molecule has 1 aromatic heterocycles. The highest BCUT2D eigenvalue weighted by Gasteiger charge is 2.06. The number of hydrogen-bond donors (Lipinski definition) is 2. The average Bonchev–Trinajstić information content (AvgIpc) is 2.38. The lowest BCUT2D eigenvalue weighted by molar-refractivity contribution is 0.410. The molecule has 18 heavy (non-hydrogen) atoms. The molecule has 0 radical (unpaired) electrons. The molecule has 0 bridgehead atoms. The Bertz CT molecular complexity index is 593. The summed E-state index contributed by atoms with van der Waals surface area (Å²) < 4.78 is 5.26. The number of para-hydroxylation sites is 1. The third-order valence-electron chi connectivity index (χ3n) is 2.60. The van der Waals surface area contributed by atoms with Gasteiger partial charge in [-0.15, -0.1) is 0 Å². The van der Waals surface area contributed by atoms with Gasteiger partial charge in [0.1, 0.15) is 11.6 Å². The quantitative estimate of drug-likeness (QED) is 0.836. The minimum Gasteiger partial charge on any atom is -0.496 e. The number of hydrogen-bond acceptors (Lipinski definition) is 4. The number of nitrogens with zero attached hydrogens (tertiary/aromatic N) is 1. The number of benzene rings is 1. The largest absolute Gasteiger partial charge is 0.496 e. The number of ether oxygens (including phenoxy) is 1. The van der Waals surface area contributed by atoms with Gasteiger partial charge in [-0.3, -0.25) is 4.79 Å². The van der Waals surface area contributed by atoms with Crippen LogP contribution in [-0.4, -0.2) is 17.1 Å². The first kappa shape index (κ1) is 12.3. The second-order valence-electron chi connectivity index (χ2n) is 3.88. The molecule has 0 aliphatic rings. The van der Waals surface area contributed by atoms with Crippen molar-refractivity contribution >= 4 is 0 Å². The van der Waals surface area contributed by atoms with Crippen LogP contribution in [0.4, 0.5) is 0 Å². The van der Waals surface area contributed by atoms with Crippen molar-refractivity contribution in [3.8, 4) is 5.75 Å². The second kappa shape index (κ2) is 5.46. The van der Waals surface area contributed by atoms with Crippen LogP contribution < -0.4 is 16.0 Å². The van der Waals surface area contributed by atoms with Crippen molar-refractivity contribution in [2.75, 3.05) is 7.11 Å². The molecule has 1 heterocycles. The van der Waals surface area contributed by atoms with E-state index in [2.05, 4.69) is 9.97 Å². The summed E-state index contributed by atoms with van der Waals surface area (Å²) in [5, 5.41) is 0. The van der Waals surface area contributed by atoms with Gasteiger partial charge >= 0.3 is 0 Å². The van der Waals surface area contributed by atoms with Gasteiger partial charge in [0.2, 0.25) is 0 Å². The van der Waals surface area contributed by atoms with Crippen molar-refractivity contribution in [1.29, 1.82) is 0 Å². The number of nitrogens with two attached hydrogens (primary N) is 1.